The van der Waals surface area contributed by atoms with Crippen molar-refractivity contribution in [3.8, 4) is 0 Å². The van der Waals surface area contributed by atoms with Gasteiger partial charge in [-0.2, -0.15) is 0 Å². The molecule has 0 aliphatic carbocycles. The van der Waals surface area contributed by atoms with Crippen molar-refractivity contribution < 1.29 is 14.3 Å². The summed E-state index contributed by atoms with van der Waals surface area (Å²) in [6, 6.07) is 7.26. The van der Waals surface area contributed by atoms with Crippen molar-refractivity contribution in [3.63, 3.8) is 0 Å². The van der Waals surface area contributed by atoms with Crippen LogP contribution in [0, 0.1) is 0 Å². The average molecular weight is 454 g/mol. The molecule has 8 heteroatoms. The highest BCUT2D eigenvalue weighted by Gasteiger charge is 2.18. The Kier molecular flexibility index (Phi) is 8.74. The molecule has 146 valence electrons. The van der Waals surface area contributed by atoms with Crippen molar-refractivity contribution in [2.45, 2.75) is 39.7 Å². The molecule has 1 aromatic carbocycles. The first-order chi connectivity index (χ1) is 13.0. The van der Waals surface area contributed by atoms with Gasteiger partial charge in [0.1, 0.15) is 5.01 Å². The van der Waals surface area contributed by atoms with Gasteiger partial charge in [-0.25, -0.2) is 14.6 Å². The standard InChI is InChI=1S/C19H24BrN3O3S/c1-3-5-6-11-23(19(25)21-15-9-7-14(20)8-10-15)12-17-22-16(13-27-17)18(24)26-4-2/h7-10,13H,3-6,11-12H2,1-2H3,(H,21,25). The van der Waals surface area contributed by atoms with Crippen molar-refractivity contribution in [2.75, 3.05) is 18.5 Å². The first-order valence-corrected chi connectivity index (χ1v) is 10.6. The molecule has 1 N–H and O–H groups in total. The molecule has 2 aromatic rings. The van der Waals surface area contributed by atoms with Crippen LogP contribution in [0.2, 0.25) is 0 Å². The van der Waals surface area contributed by atoms with Crippen LogP contribution in [0.4, 0.5) is 10.5 Å². The molecule has 0 aliphatic heterocycles. The van der Waals surface area contributed by atoms with Gasteiger partial charge in [-0.3, -0.25) is 0 Å². The van der Waals surface area contributed by atoms with E-state index < -0.39 is 5.97 Å². The molecule has 0 atom stereocenters. The summed E-state index contributed by atoms with van der Waals surface area (Å²) in [5.74, 6) is -0.433. The van der Waals surface area contributed by atoms with Crippen LogP contribution in [0.15, 0.2) is 34.1 Å². The van der Waals surface area contributed by atoms with Gasteiger partial charge >= 0.3 is 12.0 Å². The number of ether oxygens (including phenoxy) is 1. The fraction of sp³-hybridized carbons (Fsp3) is 0.421. The van der Waals surface area contributed by atoms with E-state index in [0.29, 0.717) is 30.4 Å². The molecular formula is C19H24BrN3O3S. The maximum Gasteiger partial charge on any atom is 0.357 e. The number of urea groups is 1. The SMILES string of the molecule is CCCCCN(Cc1nc(C(=O)OCC)cs1)C(=O)Nc1ccc(Br)cc1. The van der Waals surface area contributed by atoms with Crippen LogP contribution in [-0.2, 0) is 11.3 Å². The summed E-state index contributed by atoms with van der Waals surface area (Å²) in [6.07, 6.45) is 3.04. The second-order valence-electron chi connectivity index (χ2n) is 5.91. The maximum absolute atomic E-state index is 12.7. The van der Waals surface area contributed by atoms with E-state index in [1.165, 1.54) is 11.3 Å². The smallest absolute Gasteiger partial charge is 0.357 e. The van der Waals surface area contributed by atoms with E-state index in [4.69, 9.17) is 4.74 Å². The predicted octanol–water partition coefficient (Wildman–Crippen LogP) is 5.31. The third kappa shape index (κ3) is 6.95. The molecule has 0 saturated carbocycles. The van der Waals surface area contributed by atoms with Crippen LogP contribution in [-0.4, -0.2) is 35.0 Å². The molecule has 0 spiro atoms. The monoisotopic (exact) mass is 453 g/mol. The lowest BCUT2D eigenvalue weighted by Crippen LogP contribution is -2.35. The molecule has 0 fully saturated rings. The van der Waals surface area contributed by atoms with Gasteiger partial charge in [0.2, 0.25) is 0 Å². The number of carbonyl (C=O) groups is 2. The molecule has 2 rings (SSSR count). The summed E-state index contributed by atoms with van der Waals surface area (Å²) in [5.41, 5.74) is 1.02. The number of carbonyl (C=O) groups excluding carboxylic acids is 2. The molecule has 1 aromatic heterocycles. The van der Waals surface area contributed by atoms with Crippen LogP contribution in [0.3, 0.4) is 0 Å². The lowest BCUT2D eigenvalue weighted by Gasteiger charge is -2.22. The highest BCUT2D eigenvalue weighted by atomic mass is 79.9. The summed E-state index contributed by atoms with van der Waals surface area (Å²) in [5, 5.41) is 5.30. The van der Waals surface area contributed by atoms with E-state index in [1.807, 2.05) is 24.3 Å². The number of nitrogens with zero attached hydrogens (tertiary/aromatic N) is 2. The van der Waals surface area contributed by atoms with E-state index in [2.05, 4.69) is 33.2 Å². The zero-order valence-corrected chi connectivity index (χ0v) is 17.9. The van der Waals surface area contributed by atoms with Gasteiger partial charge in [-0.1, -0.05) is 35.7 Å². The van der Waals surface area contributed by atoms with Crippen molar-refractivity contribution in [1.82, 2.24) is 9.88 Å². The van der Waals surface area contributed by atoms with Gasteiger partial charge in [-0.05, 0) is 37.6 Å². The number of benzene rings is 1. The van der Waals surface area contributed by atoms with Gasteiger partial charge in [0.05, 0.1) is 13.2 Å². The molecule has 0 radical (unpaired) electrons. The molecular weight excluding hydrogens is 430 g/mol. The zero-order valence-electron chi connectivity index (χ0n) is 15.5. The molecule has 0 saturated heterocycles. The van der Waals surface area contributed by atoms with E-state index in [9.17, 15) is 9.59 Å². The highest BCUT2D eigenvalue weighted by molar-refractivity contribution is 9.10. The number of amides is 2. The summed E-state index contributed by atoms with van der Waals surface area (Å²) >= 11 is 4.74. The van der Waals surface area contributed by atoms with Crippen molar-refractivity contribution in [2.24, 2.45) is 0 Å². The fourth-order valence-electron chi connectivity index (χ4n) is 2.39. The lowest BCUT2D eigenvalue weighted by molar-refractivity contribution is 0.0520. The van der Waals surface area contributed by atoms with E-state index in [1.54, 1.807) is 17.2 Å². The zero-order chi connectivity index (χ0) is 19.6. The van der Waals surface area contributed by atoms with E-state index in [0.717, 1.165) is 29.4 Å². The van der Waals surface area contributed by atoms with Crippen molar-refractivity contribution >= 4 is 45.0 Å². The number of halogens is 1. The number of hydrogen-bond acceptors (Lipinski definition) is 5. The van der Waals surface area contributed by atoms with E-state index in [-0.39, 0.29) is 6.03 Å². The van der Waals surface area contributed by atoms with Crippen molar-refractivity contribution in [1.29, 1.82) is 0 Å². The van der Waals surface area contributed by atoms with Gasteiger partial charge in [-0.15, -0.1) is 11.3 Å². The Balaban J connectivity index is 2.05. The first kappa shape index (κ1) is 21.4. The lowest BCUT2D eigenvalue weighted by atomic mass is 10.2. The number of unbranched alkanes of at least 4 members (excludes halogenated alkanes) is 2. The van der Waals surface area contributed by atoms with E-state index >= 15 is 0 Å². The molecule has 27 heavy (non-hydrogen) atoms. The normalized spacial score (nSPS) is 10.5. The molecule has 0 unspecified atom stereocenters. The second kappa shape index (κ2) is 11.0. The summed E-state index contributed by atoms with van der Waals surface area (Å²) in [4.78, 5) is 30.6. The summed E-state index contributed by atoms with van der Waals surface area (Å²) < 4.78 is 5.92. The van der Waals surface area contributed by atoms with Gasteiger partial charge < -0.3 is 15.0 Å². The van der Waals surface area contributed by atoms with Crippen LogP contribution in [0.5, 0.6) is 0 Å². The third-order valence-electron chi connectivity index (χ3n) is 3.78. The number of hydrogen-bond donors (Lipinski definition) is 1. The maximum atomic E-state index is 12.7. The Bertz CT molecular complexity index is 749. The molecule has 2 amide bonds. The van der Waals surface area contributed by atoms with Crippen LogP contribution >= 0.6 is 27.3 Å². The van der Waals surface area contributed by atoms with Gasteiger partial charge in [0, 0.05) is 22.1 Å². The molecule has 0 aliphatic rings. The number of rotatable bonds is 9. The minimum atomic E-state index is -0.433. The van der Waals surface area contributed by atoms with Gasteiger partial charge in [0.25, 0.3) is 0 Å². The Morgan fingerprint density at radius 1 is 1.22 bits per heavy atom. The average Bonchev–Trinajstić information content (AvgIpc) is 3.12. The number of nitrogens with one attached hydrogen (secondary N) is 1. The van der Waals surface area contributed by atoms with Gasteiger partial charge in [0.15, 0.2) is 5.69 Å². The second-order valence-corrected chi connectivity index (χ2v) is 7.77. The van der Waals surface area contributed by atoms with Crippen LogP contribution in [0.25, 0.3) is 0 Å². The quantitative estimate of drug-likeness (QED) is 0.412. The molecule has 0 bridgehead atoms. The first-order valence-electron chi connectivity index (χ1n) is 8.96. The minimum Gasteiger partial charge on any atom is -0.461 e. The minimum absolute atomic E-state index is 0.179. The van der Waals surface area contributed by atoms with Crippen LogP contribution in [0.1, 0.15) is 48.6 Å². The largest absolute Gasteiger partial charge is 0.461 e. The Hall–Kier alpha value is -1.93. The Morgan fingerprint density at radius 3 is 2.63 bits per heavy atom. The Morgan fingerprint density at radius 2 is 1.96 bits per heavy atom. The summed E-state index contributed by atoms with van der Waals surface area (Å²) in [6.45, 7) is 5.18. The third-order valence-corrected chi connectivity index (χ3v) is 5.14. The predicted molar refractivity (Wildman–Crippen MR) is 111 cm³/mol. The summed E-state index contributed by atoms with van der Waals surface area (Å²) in [7, 11) is 0. The highest BCUT2D eigenvalue weighted by Crippen LogP contribution is 2.17. The number of esters is 1. The molecule has 6 nitrogen and oxygen atoms in total. The van der Waals surface area contributed by atoms with Crippen molar-refractivity contribution in [3.05, 3.63) is 44.8 Å². The Labute approximate surface area is 172 Å². The topological polar surface area (TPSA) is 71.5 Å². The number of aromatic nitrogens is 1. The molecule has 1 heterocycles. The fourth-order valence-corrected chi connectivity index (χ4v) is 3.43. The number of thiazole rings is 1. The number of anilines is 1. The van der Waals surface area contributed by atoms with Crippen LogP contribution < -0.4 is 5.32 Å².